The number of rotatable bonds is 3. The van der Waals surface area contributed by atoms with Gasteiger partial charge in [0.2, 0.25) is 0 Å². The normalized spacial score (nSPS) is 10.5. The van der Waals surface area contributed by atoms with Gasteiger partial charge in [-0.3, -0.25) is 4.79 Å². The molecule has 4 heteroatoms. The van der Waals surface area contributed by atoms with Gasteiger partial charge in [0.05, 0.1) is 4.88 Å². The van der Waals surface area contributed by atoms with Crippen LogP contribution >= 0.6 is 22.9 Å². The second kappa shape index (κ2) is 5.76. The number of carbonyl (C=O) groups excluding carboxylic acids is 1. The predicted octanol–water partition coefficient (Wildman–Crippen LogP) is 4.83. The molecule has 2 nitrogen and oxygen atoms in total. The zero-order chi connectivity index (χ0) is 14.0. The first kappa shape index (κ1) is 14.1. The average molecular weight is 294 g/mol. The predicted molar refractivity (Wildman–Crippen MR) is 82.6 cm³/mol. The molecule has 0 radical (unpaired) electrons. The maximum absolute atomic E-state index is 12.1. The maximum atomic E-state index is 12.1. The maximum Gasteiger partial charge on any atom is 0.265 e. The van der Waals surface area contributed by atoms with E-state index in [1.165, 1.54) is 10.4 Å². The van der Waals surface area contributed by atoms with E-state index in [2.05, 4.69) is 12.2 Å². The smallest absolute Gasteiger partial charge is 0.265 e. The Morgan fingerprint density at radius 1 is 1.26 bits per heavy atom. The number of halogens is 1. The molecule has 0 spiro atoms. The molecule has 2 aromatic rings. The molecule has 1 amide bonds. The van der Waals surface area contributed by atoms with Crippen molar-refractivity contribution < 1.29 is 4.79 Å². The third kappa shape index (κ3) is 3.17. The van der Waals surface area contributed by atoms with Crippen molar-refractivity contribution in [1.82, 2.24) is 0 Å². The van der Waals surface area contributed by atoms with E-state index in [0.29, 0.717) is 5.02 Å². The average Bonchev–Trinajstić information content (AvgIpc) is 2.75. The van der Waals surface area contributed by atoms with E-state index in [4.69, 9.17) is 11.6 Å². The quantitative estimate of drug-likeness (QED) is 0.862. The van der Waals surface area contributed by atoms with Crippen LogP contribution in [0.3, 0.4) is 0 Å². The fraction of sp³-hybridized carbons (Fsp3) is 0.267. The largest absolute Gasteiger partial charge is 0.321 e. The summed E-state index contributed by atoms with van der Waals surface area (Å²) in [6.45, 7) is 6.07. The lowest BCUT2D eigenvalue weighted by Crippen LogP contribution is -2.10. The molecule has 1 N–H and O–H groups in total. The highest BCUT2D eigenvalue weighted by atomic mass is 35.5. The van der Waals surface area contributed by atoms with Crippen molar-refractivity contribution in [2.75, 3.05) is 5.32 Å². The van der Waals surface area contributed by atoms with Crippen molar-refractivity contribution in [1.29, 1.82) is 0 Å². The van der Waals surface area contributed by atoms with Crippen LogP contribution in [-0.2, 0) is 6.42 Å². The Morgan fingerprint density at radius 2 is 2.00 bits per heavy atom. The zero-order valence-electron chi connectivity index (χ0n) is 11.2. The number of amides is 1. The van der Waals surface area contributed by atoms with Crippen LogP contribution in [0, 0.1) is 13.8 Å². The minimum absolute atomic E-state index is 0.0762. The molecule has 2 rings (SSSR count). The van der Waals surface area contributed by atoms with Crippen LogP contribution in [0.2, 0.25) is 5.02 Å². The third-order valence-electron chi connectivity index (χ3n) is 3.00. The van der Waals surface area contributed by atoms with Crippen LogP contribution in [0.4, 0.5) is 5.69 Å². The molecule has 1 aromatic heterocycles. The summed E-state index contributed by atoms with van der Waals surface area (Å²) in [5.41, 5.74) is 2.91. The lowest BCUT2D eigenvalue weighted by molar-refractivity contribution is 0.103. The molecule has 0 bridgehead atoms. The highest BCUT2D eigenvalue weighted by molar-refractivity contribution is 7.14. The molecule has 1 aromatic carbocycles. The molecule has 0 fully saturated rings. The van der Waals surface area contributed by atoms with Crippen LogP contribution < -0.4 is 5.32 Å². The Kier molecular flexibility index (Phi) is 4.27. The van der Waals surface area contributed by atoms with E-state index in [-0.39, 0.29) is 5.91 Å². The van der Waals surface area contributed by atoms with Gasteiger partial charge in [0.15, 0.2) is 0 Å². The molecule has 100 valence electrons. The Bertz CT molecular complexity index is 619. The lowest BCUT2D eigenvalue weighted by Gasteiger charge is -2.05. The number of carbonyl (C=O) groups is 1. The van der Waals surface area contributed by atoms with E-state index < -0.39 is 0 Å². The van der Waals surface area contributed by atoms with Gasteiger partial charge in [-0.1, -0.05) is 24.6 Å². The Hall–Kier alpha value is -1.32. The number of hydrogen-bond donors (Lipinski definition) is 1. The minimum Gasteiger partial charge on any atom is -0.321 e. The number of anilines is 1. The van der Waals surface area contributed by atoms with Crippen molar-refractivity contribution in [2.45, 2.75) is 27.2 Å². The van der Waals surface area contributed by atoms with Gasteiger partial charge in [-0.15, -0.1) is 11.3 Å². The fourth-order valence-electron chi connectivity index (χ4n) is 1.85. The second-order valence-corrected chi connectivity index (χ2v) is 6.03. The van der Waals surface area contributed by atoms with Gasteiger partial charge < -0.3 is 5.32 Å². The Balaban J connectivity index is 2.18. The van der Waals surface area contributed by atoms with Gasteiger partial charge in [0, 0.05) is 15.6 Å². The monoisotopic (exact) mass is 293 g/mol. The summed E-state index contributed by atoms with van der Waals surface area (Å²) < 4.78 is 0. The number of aryl methyl sites for hydroxylation is 3. The summed E-state index contributed by atoms with van der Waals surface area (Å²) in [5.74, 6) is -0.0762. The highest BCUT2D eigenvalue weighted by Gasteiger charge is 2.12. The summed E-state index contributed by atoms with van der Waals surface area (Å²) in [4.78, 5) is 14.1. The summed E-state index contributed by atoms with van der Waals surface area (Å²) in [5, 5.41) is 3.54. The number of hydrogen-bond acceptors (Lipinski definition) is 2. The lowest BCUT2D eigenvalue weighted by atomic mass is 10.2. The zero-order valence-corrected chi connectivity index (χ0v) is 12.8. The van der Waals surface area contributed by atoms with Crippen molar-refractivity contribution in [3.05, 3.63) is 50.2 Å². The van der Waals surface area contributed by atoms with E-state index in [1.54, 1.807) is 17.4 Å². The van der Waals surface area contributed by atoms with Gasteiger partial charge in [-0.25, -0.2) is 0 Å². The standard InChI is InChI=1S/C15H16ClNOS/c1-4-13-10(3)7-14(19-13)15(18)17-11-6-5-9(2)12(16)8-11/h5-8H,4H2,1-3H3,(H,17,18). The van der Waals surface area contributed by atoms with E-state index >= 15 is 0 Å². The van der Waals surface area contributed by atoms with Gasteiger partial charge in [-0.05, 0) is 49.6 Å². The molecule has 1 heterocycles. The molecular formula is C15H16ClNOS. The summed E-state index contributed by atoms with van der Waals surface area (Å²) in [6.07, 6.45) is 0.958. The molecule has 0 aliphatic rings. The van der Waals surface area contributed by atoms with Crippen molar-refractivity contribution in [3.63, 3.8) is 0 Å². The molecule has 0 unspecified atom stereocenters. The van der Waals surface area contributed by atoms with Crippen LogP contribution in [0.5, 0.6) is 0 Å². The summed E-state index contributed by atoms with van der Waals surface area (Å²) in [7, 11) is 0. The summed E-state index contributed by atoms with van der Waals surface area (Å²) in [6, 6.07) is 7.47. The molecule has 0 aliphatic carbocycles. The van der Waals surface area contributed by atoms with Crippen LogP contribution in [0.1, 0.15) is 32.6 Å². The Labute approximate surface area is 122 Å². The third-order valence-corrected chi connectivity index (χ3v) is 4.78. The van der Waals surface area contributed by atoms with E-state index in [0.717, 1.165) is 22.5 Å². The number of nitrogens with one attached hydrogen (secondary N) is 1. The first-order valence-corrected chi connectivity index (χ1v) is 7.37. The van der Waals surface area contributed by atoms with Crippen LogP contribution in [0.15, 0.2) is 24.3 Å². The van der Waals surface area contributed by atoms with Gasteiger partial charge in [0.25, 0.3) is 5.91 Å². The number of thiophene rings is 1. The van der Waals surface area contributed by atoms with Crippen molar-refractivity contribution >= 4 is 34.5 Å². The minimum atomic E-state index is -0.0762. The summed E-state index contributed by atoms with van der Waals surface area (Å²) >= 11 is 7.60. The Morgan fingerprint density at radius 3 is 2.58 bits per heavy atom. The van der Waals surface area contributed by atoms with Crippen molar-refractivity contribution in [2.24, 2.45) is 0 Å². The molecule has 0 atom stereocenters. The first-order chi connectivity index (χ1) is 9.01. The molecule has 19 heavy (non-hydrogen) atoms. The SMILES string of the molecule is CCc1sc(C(=O)Nc2ccc(C)c(Cl)c2)cc1C. The second-order valence-electron chi connectivity index (χ2n) is 4.49. The molecule has 0 saturated carbocycles. The van der Waals surface area contributed by atoms with Gasteiger partial charge in [0.1, 0.15) is 0 Å². The van der Waals surface area contributed by atoms with E-state index in [1.807, 2.05) is 32.0 Å². The van der Waals surface area contributed by atoms with Crippen LogP contribution in [0.25, 0.3) is 0 Å². The number of benzene rings is 1. The van der Waals surface area contributed by atoms with Crippen molar-refractivity contribution in [3.8, 4) is 0 Å². The van der Waals surface area contributed by atoms with Crippen LogP contribution in [-0.4, -0.2) is 5.91 Å². The molecular weight excluding hydrogens is 278 g/mol. The van der Waals surface area contributed by atoms with Gasteiger partial charge >= 0.3 is 0 Å². The molecule has 0 saturated heterocycles. The topological polar surface area (TPSA) is 29.1 Å². The van der Waals surface area contributed by atoms with Gasteiger partial charge in [-0.2, -0.15) is 0 Å². The first-order valence-electron chi connectivity index (χ1n) is 6.18. The highest BCUT2D eigenvalue weighted by Crippen LogP contribution is 2.24. The van der Waals surface area contributed by atoms with E-state index in [9.17, 15) is 4.79 Å². The molecule has 0 aliphatic heterocycles. The fourth-order valence-corrected chi connectivity index (χ4v) is 3.04.